The molecule has 3 N–H and O–H groups in total. The number of benzene rings is 1. The molecule has 0 aliphatic carbocycles. The van der Waals surface area contributed by atoms with E-state index in [1.54, 1.807) is 13.1 Å². The molecule has 11 heteroatoms. The molecule has 9 nitrogen and oxygen atoms in total. The monoisotopic (exact) mass is 577 g/mol. The number of thioether (sulfide) groups is 1. The Morgan fingerprint density at radius 2 is 1.77 bits per heavy atom. The average Bonchev–Trinajstić information content (AvgIpc) is 3.20. The van der Waals surface area contributed by atoms with Crippen molar-refractivity contribution in [1.29, 1.82) is 0 Å². The van der Waals surface area contributed by atoms with Crippen molar-refractivity contribution in [3.05, 3.63) is 34.2 Å². The highest BCUT2D eigenvalue weighted by Gasteiger charge is 2.46. The molecule has 39 heavy (non-hydrogen) atoms. The Labute approximate surface area is 237 Å². The zero-order valence-corrected chi connectivity index (χ0v) is 25.3. The highest BCUT2D eigenvalue weighted by molar-refractivity contribution is 7.98. The van der Waals surface area contributed by atoms with Crippen LogP contribution in [-0.4, -0.2) is 74.6 Å². The molecule has 1 spiro atoms. The van der Waals surface area contributed by atoms with E-state index >= 15 is 0 Å². The van der Waals surface area contributed by atoms with Crippen LogP contribution in [0.25, 0.3) is 6.08 Å². The molecule has 2 aliphatic rings. The summed E-state index contributed by atoms with van der Waals surface area (Å²) in [5.74, 6) is 1.65. The van der Waals surface area contributed by atoms with Gasteiger partial charge in [-0.1, -0.05) is 19.3 Å². The molecule has 216 valence electrons. The first-order valence-corrected chi connectivity index (χ1v) is 16.6. The molecule has 1 aromatic carbocycles. The van der Waals surface area contributed by atoms with Crippen LogP contribution in [0, 0.1) is 13.8 Å². The SMILES string of the molecule is CSCCCCCCCC1=NC2(CCN(S(=O)(=O)/C=C/c3c(C)cc(N(C)C(=O)CN)cc3C)CC2)C(=O)N1. The van der Waals surface area contributed by atoms with Crippen LogP contribution in [-0.2, 0) is 19.6 Å². The number of likely N-dealkylation sites (N-methyl/N-ethyl adjacent to an activating group) is 1. The van der Waals surface area contributed by atoms with Gasteiger partial charge in [0.05, 0.1) is 6.54 Å². The van der Waals surface area contributed by atoms with E-state index < -0.39 is 15.6 Å². The summed E-state index contributed by atoms with van der Waals surface area (Å²) in [5.41, 5.74) is 7.84. The molecular formula is C28H43N5O4S2. The van der Waals surface area contributed by atoms with E-state index in [4.69, 9.17) is 10.7 Å². The third-order valence-corrected chi connectivity index (χ3v) is 9.88. The maximum Gasteiger partial charge on any atom is 0.253 e. The number of sulfonamides is 1. The molecule has 2 heterocycles. The van der Waals surface area contributed by atoms with Gasteiger partial charge in [-0.3, -0.25) is 14.6 Å². The largest absolute Gasteiger partial charge is 0.322 e. The van der Waals surface area contributed by atoms with Gasteiger partial charge in [0.2, 0.25) is 15.9 Å². The number of rotatable bonds is 13. The van der Waals surface area contributed by atoms with E-state index in [2.05, 4.69) is 11.6 Å². The number of amides is 2. The van der Waals surface area contributed by atoms with Crippen LogP contribution >= 0.6 is 11.8 Å². The van der Waals surface area contributed by atoms with Crippen molar-refractivity contribution in [2.45, 2.75) is 70.8 Å². The van der Waals surface area contributed by atoms with Crippen LogP contribution in [0.2, 0.25) is 0 Å². The van der Waals surface area contributed by atoms with Crippen LogP contribution < -0.4 is 16.0 Å². The Kier molecular flexibility index (Phi) is 11.2. The second-order valence-corrected chi connectivity index (χ2v) is 13.3. The molecule has 0 saturated carbocycles. The fraction of sp³-hybridized carbons (Fsp3) is 0.607. The smallest absolute Gasteiger partial charge is 0.253 e. The quantitative estimate of drug-likeness (QED) is 0.345. The molecule has 1 aromatic rings. The second-order valence-electron chi connectivity index (χ2n) is 10.5. The summed E-state index contributed by atoms with van der Waals surface area (Å²) in [6.07, 6.45) is 11.0. The number of nitrogens with one attached hydrogen (secondary N) is 1. The third kappa shape index (κ3) is 7.93. The Bertz CT molecular complexity index is 1180. The molecule has 0 bridgehead atoms. The predicted molar refractivity (Wildman–Crippen MR) is 162 cm³/mol. The maximum absolute atomic E-state index is 13.1. The van der Waals surface area contributed by atoms with Crippen LogP contribution in [0.15, 0.2) is 22.5 Å². The lowest BCUT2D eigenvalue weighted by Crippen LogP contribution is -2.50. The number of amidine groups is 1. The van der Waals surface area contributed by atoms with Crippen molar-refractivity contribution in [3.63, 3.8) is 0 Å². The lowest BCUT2D eigenvalue weighted by atomic mass is 9.89. The summed E-state index contributed by atoms with van der Waals surface area (Å²) in [6, 6.07) is 3.69. The molecule has 0 atom stereocenters. The first kappa shape index (κ1) is 31.3. The highest BCUT2D eigenvalue weighted by Crippen LogP contribution is 2.32. The van der Waals surface area contributed by atoms with E-state index in [1.165, 1.54) is 39.6 Å². The Morgan fingerprint density at radius 3 is 2.38 bits per heavy atom. The Morgan fingerprint density at radius 1 is 1.15 bits per heavy atom. The van der Waals surface area contributed by atoms with Gasteiger partial charge in [-0.2, -0.15) is 16.1 Å². The molecule has 0 unspecified atom stereocenters. The first-order chi connectivity index (χ1) is 18.5. The molecular weight excluding hydrogens is 534 g/mol. The van der Waals surface area contributed by atoms with Crippen LogP contribution in [0.3, 0.4) is 0 Å². The van der Waals surface area contributed by atoms with Crippen molar-refractivity contribution in [2.24, 2.45) is 10.7 Å². The minimum atomic E-state index is -3.67. The van der Waals surface area contributed by atoms with Gasteiger partial charge in [-0.15, -0.1) is 0 Å². The second kappa shape index (κ2) is 13.9. The molecule has 2 amide bonds. The van der Waals surface area contributed by atoms with Gasteiger partial charge in [0.25, 0.3) is 5.91 Å². The number of carbonyl (C=O) groups is 2. The first-order valence-electron chi connectivity index (χ1n) is 13.7. The minimum absolute atomic E-state index is 0.0848. The summed E-state index contributed by atoms with van der Waals surface area (Å²) >= 11 is 1.88. The van der Waals surface area contributed by atoms with Crippen molar-refractivity contribution in [1.82, 2.24) is 9.62 Å². The predicted octanol–water partition coefficient (Wildman–Crippen LogP) is 3.59. The van der Waals surface area contributed by atoms with E-state index in [0.29, 0.717) is 18.5 Å². The van der Waals surface area contributed by atoms with E-state index in [0.717, 1.165) is 41.8 Å². The van der Waals surface area contributed by atoms with E-state index in [9.17, 15) is 18.0 Å². The summed E-state index contributed by atoms with van der Waals surface area (Å²) in [5, 5.41) is 4.19. The fourth-order valence-corrected chi connectivity index (χ4v) is 6.82. The fourth-order valence-electron chi connectivity index (χ4n) is 5.15. The van der Waals surface area contributed by atoms with Crippen molar-refractivity contribution < 1.29 is 18.0 Å². The normalized spacial score (nSPS) is 17.6. The number of aryl methyl sites for hydroxylation is 2. The maximum atomic E-state index is 13.1. The number of nitrogens with zero attached hydrogens (tertiary/aromatic N) is 3. The standard InChI is InChI=1S/C28H43N5O4S2/c1-21-18-23(32(3)26(34)20-29)19-22(2)24(21)11-17-39(36,37)33-14-12-28(13-15-33)27(35)30-25(31-28)10-8-6-5-7-9-16-38-4/h11,17-19H,5-10,12-16,20,29H2,1-4H3,(H,30,31,35)/b17-11+. The number of piperidine rings is 1. The molecule has 1 saturated heterocycles. The number of nitrogens with two attached hydrogens (primary N) is 1. The van der Waals surface area contributed by atoms with Crippen molar-refractivity contribution in [2.75, 3.05) is 43.6 Å². The summed E-state index contributed by atoms with van der Waals surface area (Å²) in [7, 11) is -2.01. The number of aliphatic imine (C=N–C) groups is 1. The van der Waals surface area contributed by atoms with Gasteiger partial charge in [0.1, 0.15) is 11.4 Å². The zero-order chi connectivity index (χ0) is 28.6. The lowest BCUT2D eigenvalue weighted by molar-refractivity contribution is -0.125. The van der Waals surface area contributed by atoms with Gasteiger partial charge in [0.15, 0.2) is 0 Å². The summed E-state index contributed by atoms with van der Waals surface area (Å²) < 4.78 is 27.7. The number of hydrogen-bond acceptors (Lipinski definition) is 7. The number of hydrogen-bond donors (Lipinski definition) is 2. The topological polar surface area (TPSA) is 125 Å². The van der Waals surface area contributed by atoms with Crippen molar-refractivity contribution >= 4 is 51.2 Å². The lowest BCUT2D eigenvalue weighted by Gasteiger charge is -2.34. The molecule has 2 aliphatic heterocycles. The van der Waals surface area contributed by atoms with Gasteiger partial charge in [-0.05, 0) is 86.4 Å². The van der Waals surface area contributed by atoms with Crippen LogP contribution in [0.5, 0.6) is 0 Å². The number of anilines is 1. The molecule has 1 fully saturated rings. The van der Waals surface area contributed by atoms with Gasteiger partial charge >= 0.3 is 0 Å². The Hall–Kier alpha value is -2.21. The van der Waals surface area contributed by atoms with Gasteiger partial charge in [-0.25, -0.2) is 8.42 Å². The molecule has 0 radical (unpaired) electrons. The zero-order valence-electron chi connectivity index (χ0n) is 23.7. The van der Waals surface area contributed by atoms with Gasteiger partial charge in [0, 0.05) is 37.7 Å². The average molecular weight is 578 g/mol. The molecule has 0 aromatic heterocycles. The van der Waals surface area contributed by atoms with E-state index in [-0.39, 0.29) is 31.4 Å². The minimum Gasteiger partial charge on any atom is -0.322 e. The number of carbonyl (C=O) groups excluding carboxylic acids is 2. The van der Waals surface area contributed by atoms with Crippen molar-refractivity contribution in [3.8, 4) is 0 Å². The third-order valence-electron chi connectivity index (χ3n) is 7.62. The van der Waals surface area contributed by atoms with E-state index in [1.807, 2.05) is 37.7 Å². The van der Waals surface area contributed by atoms with Crippen LogP contribution in [0.1, 0.15) is 68.1 Å². The number of unbranched alkanes of at least 4 members (excludes halogenated alkanes) is 4. The highest BCUT2D eigenvalue weighted by atomic mass is 32.2. The Balaban J connectivity index is 1.58. The van der Waals surface area contributed by atoms with Gasteiger partial charge < -0.3 is 16.0 Å². The van der Waals surface area contributed by atoms with Crippen LogP contribution in [0.4, 0.5) is 5.69 Å². The molecule has 3 rings (SSSR count). The summed E-state index contributed by atoms with van der Waals surface area (Å²) in [4.78, 5) is 31.0. The summed E-state index contributed by atoms with van der Waals surface area (Å²) in [6.45, 7) is 4.17.